The summed E-state index contributed by atoms with van der Waals surface area (Å²) in [7, 11) is 7.41. The zero-order chi connectivity index (χ0) is 22.1. The van der Waals surface area contributed by atoms with Crippen molar-refractivity contribution in [3.8, 4) is 17.1 Å². The Kier molecular flexibility index (Phi) is 9.20. The van der Waals surface area contributed by atoms with Crippen molar-refractivity contribution in [1.29, 1.82) is 0 Å². The molecule has 2 aromatic rings. The van der Waals surface area contributed by atoms with Gasteiger partial charge in [0.2, 0.25) is 5.88 Å². The van der Waals surface area contributed by atoms with Gasteiger partial charge in [-0.2, -0.15) is 5.10 Å². The van der Waals surface area contributed by atoms with E-state index in [9.17, 15) is 0 Å². The van der Waals surface area contributed by atoms with E-state index in [-0.39, 0.29) is 0 Å². The molecule has 164 valence electrons. The molecule has 2 rings (SSSR count). The predicted octanol–water partition coefficient (Wildman–Crippen LogP) is 1.94. The summed E-state index contributed by atoms with van der Waals surface area (Å²) in [6.45, 7) is 11.2. The third kappa shape index (κ3) is 6.78. The summed E-state index contributed by atoms with van der Waals surface area (Å²) < 4.78 is 12.1. The molecule has 0 unspecified atom stereocenters. The van der Waals surface area contributed by atoms with Crippen LogP contribution in [-0.4, -0.2) is 67.5 Å². The van der Waals surface area contributed by atoms with Crippen molar-refractivity contribution >= 4 is 13.8 Å². The molecule has 0 aliphatic rings. The Morgan fingerprint density at radius 3 is 2.73 bits per heavy atom. The maximum absolute atomic E-state index is 5.14. The summed E-state index contributed by atoms with van der Waals surface area (Å²) in [6.07, 6.45) is 3.85. The van der Waals surface area contributed by atoms with Gasteiger partial charge in [-0.05, 0) is 45.8 Å². The summed E-state index contributed by atoms with van der Waals surface area (Å²) in [5.74, 6) is 2.25. The van der Waals surface area contributed by atoms with E-state index in [0.29, 0.717) is 11.9 Å². The van der Waals surface area contributed by atoms with Gasteiger partial charge in [-0.25, -0.2) is 4.98 Å². The standard InChI is InChI=1S/C21H35BN6O2/c1-15(10-12-28(22)11-7-13-29-5)24-17(3)25-21-16(2)20(26-27(21)4)18-8-9-19(30-6)23-14-18/h8-9,14-15,24-25H,3,7,10-13,22H2,1-2,4-6H3/t15-/m0/s1. The van der Waals surface area contributed by atoms with E-state index in [4.69, 9.17) is 9.47 Å². The van der Waals surface area contributed by atoms with Gasteiger partial charge in [-0.1, -0.05) is 6.58 Å². The number of hydrogen-bond donors (Lipinski definition) is 2. The molecule has 1 atom stereocenters. The van der Waals surface area contributed by atoms with E-state index in [2.05, 4.69) is 47.0 Å². The lowest BCUT2D eigenvalue weighted by Gasteiger charge is -2.22. The third-order valence-electron chi connectivity index (χ3n) is 5.02. The SMILES string of the molecule is BN(CCCOC)CC[C@H](C)NC(=C)Nc1c(C)c(-c2ccc(OC)nc2)nn1C. The number of hydrogen-bond acceptors (Lipinski definition) is 7. The molecule has 0 spiro atoms. The summed E-state index contributed by atoms with van der Waals surface area (Å²) >= 11 is 0. The first-order valence-electron chi connectivity index (χ1n) is 10.3. The Bertz CT molecular complexity index is 809. The van der Waals surface area contributed by atoms with E-state index in [1.165, 1.54) is 0 Å². The van der Waals surface area contributed by atoms with Crippen molar-refractivity contribution in [2.45, 2.75) is 32.7 Å². The van der Waals surface area contributed by atoms with E-state index in [0.717, 1.165) is 61.0 Å². The van der Waals surface area contributed by atoms with Crippen LogP contribution in [0.15, 0.2) is 30.7 Å². The normalized spacial score (nSPS) is 12.1. The molecular formula is C21H35BN6O2. The first-order chi connectivity index (χ1) is 14.3. The average molecular weight is 414 g/mol. The fourth-order valence-electron chi connectivity index (χ4n) is 3.27. The van der Waals surface area contributed by atoms with Gasteiger partial charge in [0, 0.05) is 50.2 Å². The van der Waals surface area contributed by atoms with Crippen LogP contribution in [0, 0.1) is 6.92 Å². The number of aromatic nitrogens is 3. The Morgan fingerprint density at radius 2 is 2.10 bits per heavy atom. The largest absolute Gasteiger partial charge is 0.481 e. The van der Waals surface area contributed by atoms with Gasteiger partial charge in [-0.3, -0.25) is 4.68 Å². The first kappa shape index (κ1) is 23.8. The van der Waals surface area contributed by atoms with Gasteiger partial charge >= 0.3 is 0 Å². The maximum atomic E-state index is 5.14. The second kappa shape index (κ2) is 11.6. The van der Waals surface area contributed by atoms with Crippen LogP contribution in [0.1, 0.15) is 25.3 Å². The topological polar surface area (TPSA) is 76.5 Å². The highest BCUT2D eigenvalue weighted by molar-refractivity contribution is 6.04. The summed E-state index contributed by atoms with van der Waals surface area (Å²) in [6, 6.07) is 4.10. The molecular weight excluding hydrogens is 379 g/mol. The van der Waals surface area contributed by atoms with E-state index in [1.807, 2.05) is 30.8 Å². The summed E-state index contributed by atoms with van der Waals surface area (Å²) in [4.78, 5) is 6.61. The molecule has 2 aromatic heterocycles. The molecule has 0 aliphatic carbocycles. The lowest BCUT2D eigenvalue weighted by molar-refractivity contribution is 0.187. The highest BCUT2D eigenvalue weighted by Crippen LogP contribution is 2.28. The second-order valence-electron chi connectivity index (χ2n) is 7.62. The van der Waals surface area contributed by atoms with Crippen LogP contribution in [0.4, 0.5) is 5.82 Å². The number of aryl methyl sites for hydroxylation is 1. The van der Waals surface area contributed by atoms with Crippen LogP contribution in [0.3, 0.4) is 0 Å². The lowest BCUT2D eigenvalue weighted by Crippen LogP contribution is -2.33. The van der Waals surface area contributed by atoms with Crippen LogP contribution in [-0.2, 0) is 11.8 Å². The highest BCUT2D eigenvalue weighted by Gasteiger charge is 2.15. The highest BCUT2D eigenvalue weighted by atomic mass is 16.5. The molecule has 0 saturated carbocycles. The molecule has 0 radical (unpaired) electrons. The number of nitrogens with one attached hydrogen (secondary N) is 2. The predicted molar refractivity (Wildman–Crippen MR) is 124 cm³/mol. The Morgan fingerprint density at radius 1 is 1.33 bits per heavy atom. The minimum absolute atomic E-state index is 0.300. The minimum atomic E-state index is 0.300. The lowest BCUT2D eigenvalue weighted by atomic mass is 10.1. The molecule has 2 N–H and O–H groups in total. The molecule has 0 aliphatic heterocycles. The quantitative estimate of drug-likeness (QED) is 0.383. The van der Waals surface area contributed by atoms with E-state index < -0.39 is 0 Å². The van der Waals surface area contributed by atoms with Crippen LogP contribution in [0.2, 0.25) is 0 Å². The Balaban J connectivity index is 1.91. The molecule has 9 heteroatoms. The fraction of sp³-hybridized carbons (Fsp3) is 0.524. The van der Waals surface area contributed by atoms with Gasteiger partial charge in [-0.15, -0.1) is 0 Å². The van der Waals surface area contributed by atoms with E-state index >= 15 is 0 Å². The molecule has 0 bridgehead atoms. The van der Waals surface area contributed by atoms with Gasteiger partial charge < -0.3 is 24.9 Å². The number of ether oxygens (including phenoxy) is 2. The molecule has 0 amide bonds. The van der Waals surface area contributed by atoms with Crippen molar-refractivity contribution in [2.75, 3.05) is 39.2 Å². The molecule has 0 fully saturated rings. The minimum Gasteiger partial charge on any atom is -0.481 e. The van der Waals surface area contributed by atoms with Crippen LogP contribution >= 0.6 is 0 Å². The van der Waals surface area contributed by atoms with Gasteiger partial charge in [0.15, 0.2) is 7.98 Å². The molecule has 8 nitrogen and oxygen atoms in total. The zero-order valence-corrected chi connectivity index (χ0v) is 19.2. The maximum Gasteiger partial charge on any atom is 0.212 e. The zero-order valence-electron chi connectivity index (χ0n) is 19.2. The van der Waals surface area contributed by atoms with Crippen molar-refractivity contribution in [3.05, 3.63) is 36.3 Å². The number of nitrogens with zero attached hydrogens (tertiary/aromatic N) is 4. The molecule has 0 saturated heterocycles. The van der Waals surface area contributed by atoms with Crippen LogP contribution in [0.25, 0.3) is 11.3 Å². The van der Waals surface area contributed by atoms with Crippen molar-refractivity contribution < 1.29 is 9.47 Å². The monoisotopic (exact) mass is 414 g/mol. The molecule has 30 heavy (non-hydrogen) atoms. The third-order valence-corrected chi connectivity index (χ3v) is 5.02. The van der Waals surface area contributed by atoms with E-state index in [1.54, 1.807) is 20.4 Å². The first-order valence-corrected chi connectivity index (χ1v) is 10.3. The van der Waals surface area contributed by atoms with Crippen molar-refractivity contribution in [3.63, 3.8) is 0 Å². The van der Waals surface area contributed by atoms with Crippen molar-refractivity contribution in [1.82, 2.24) is 24.9 Å². The van der Waals surface area contributed by atoms with Gasteiger partial charge in [0.1, 0.15) is 5.82 Å². The van der Waals surface area contributed by atoms with Crippen LogP contribution < -0.4 is 15.4 Å². The second-order valence-corrected chi connectivity index (χ2v) is 7.62. The number of pyridine rings is 1. The van der Waals surface area contributed by atoms with Crippen molar-refractivity contribution in [2.24, 2.45) is 7.05 Å². The molecule has 2 heterocycles. The smallest absolute Gasteiger partial charge is 0.212 e. The number of rotatable bonds is 13. The number of methoxy groups -OCH3 is 2. The number of anilines is 1. The van der Waals surface area contributed by atoms with Gasteiger partial charge in [0.25, 0.3) is 0 Å². The fourth-order valence-corrected chi connectivity index (χ4v) is 3.27. The summed E-state index contributed by atoms with van der Waals surface area (Å²) in [5.41, 5.74) is 2.87. The average Bonchev–Trinajstić information content (AvgIpc) is 3.00. The van der Waals surface area contributed by atoms with Crippen LogP contribution in [0.5, 0.6) is 5.88 Å². The Hall–Kier alpha value is -2.52. The summed E-state index contributed by atoms with van der Waals surface area (Å²) in [5, 5.41) is 11.5. The van der Waals surface area contributed by atoms with Gasteiger partial charge in [0.05, 0.1) is 18.6 Å². The Labute approximate surface area is 181 Å². The molecule has 0 aromatic carbocycles.